The van der Waals surface area contributed by atoms with Crippen LogP contribution in [0.25, 0.3) is 0 Å². The SMILES string of the molecule is CCCNc1cnc(C(=O)Nc2ccc(C#N)cc2)cn1. The van der Waals surface area contributed by atoms with Gasteiger partial charge >= 0.3 is 0 Å². The van der Waals surface area contributed by atoms with Crippen molar-refractivity contribution in [1.82, 2.24) is 9.97 Å². The van der Waals surface area contributed by atoms with Crippen molar-refractivity contribution in [3.63, 3.8) is 0 Å². The Hall–Kier alpha value is -2.94. The van der Waals surface area contributed by atoms with E-state index in [9.17, 15) is 4.79 Å². The van der Waals surface area contributed by atoms with E-state index in [1.54, 1.807) is 24.3 Å². The molecule has 21 heavy (non-hydrogen) atoms. The third kappa shape index (κ3) is 4.01. The molecule has 0 fully saturated rings. The van der Waals surface area contributed by atoms with Crippen LogP contribution < -0.4 is 10.6 Å². The summed E-state index contributed by atoms with van der Waals surface area (Å²) in [7, 11) is 0. The summed E-state index contributed by atoms with van der Waals surface area (Å²) < 4.78 is 0. The summed E-state index contributed by atoms with van der Waals surface area (Å²) >= 11 is 0. The zero-order chi connectivity index (χ0) is 15.1. The number of nitriles is 1. The first-order valence-corrected chi connectivity index (χ1v) is 6.60. The van der Waals surface area contributed by atoms with Crippen molar-refractivity contribution >= 4 is 17.4 Å². The molecular weight excluding hydrogens is 266 g/mol. The van der Waals surface area contributed by atoms with Crippen LogP contribution in [-0.2, 0) is 0 Å². The second-order valence-corrected chi connectivity index (χ2v) is 4.36. The Morgan fingerprint density at radius 1 is 1.24 bits per heavy atom. The summed E-state index contributed by atoms with van der Waals surface area (Å²) in [5.74, 6) is 0.307. The van der Waals surface area contributed by atoms with E-state index >= 15 is 0 Å². The van der Waals surface area contributed by atoms with Crippen LogP contribution in [0.4, 0.5) is 11.5 Å². The highest BCUT2D eigenvalue weighted by atomic mass is 16.1. The molecule has 0 aliphatic heterocycles. The van der Waals surface area contributed by atoms with Gasteiger partial charge in [0.15, 0.2) is 0 Å². The predicted molar refractivity (Wildman–Crippen MR) is 79.9 cm³/mol. The molecule has 1 amide bonds. The van der Waals surface area contributed by atoms with Crippen LogP contribution in [0.3, 0.4) is 0 Å². The number of hydrogen-bond acceptors (Lipinski definition) is 5. The molecule has 0 bridgehead atoms. The van der Waals surface area contributed by atoms with Gasteiger partial charge in [-0.15, -0.1) is 0 Å². The van der Waals surface area contributed by atoms with Gasteiger partial charge in [-0.1, -0.05) is 6.92 Å². The van der Waals surface area contributed by atoms with Crippen molar-refractivity contribution in [2.75, 3.05) is 17.2 Å². The summed E-state index contributed by atoms with van der Waals surface area (Å²) in [5.41, 5.74) is 1.38. The minimum Gasteiger partial charge on any atom is -0.369 e. The molecule has 1 aromatic heterocycles. The fourth-order valence-corrected chi connectivity index (χ4v) is 1.61. The maximum Gasteiger partial charge on any atom is 0.275 e. The number of nitrogens with one attached hydrogen (secondary N) is 2. The van der Waals surface area contributed by atoms with Gasteiger partial charge in [-0.2, -0.15) is 5.26 Å². The molecular formula is C15H15N5O. The van der Waals surface area contributed by atoms with E-state index in [-0.39, 0.29) is 11.6 Å². The van der Waals surface area contributed by atoms with Gasteiger partial charge in [0.2, 0.25) is 0 Å². The quantitative estimate of drug-likeness (QED) is 0.878. The standard InChI is InChI=1S/C15H15N5O/c1-2-7-17-14-10-18-13(9-19-14)15(21)20-12-5-3-11(8-16)4-6-12/h3-6,9-10H,2,7H2,1H3,(H,17,19)(H,20,21). The lowest BCUT2D eigenvalue weighted by Crippen LogP contribution is -2.14. The third-order valence-electron chi connectivity index (χ3n) is 2.71. The highest BCUT2D eigenvalue weighted by molar-refractivity contribution is 6.02. The Morgan fingerprint density at radius 3 is 2.57 bits per heavy atom. The Morgan fingerprint density at radius 2 is 2.00 bits per heavy atom. The minimum atomic E-state index is -0.339. The normalized spacial score (nSPS) is 9.71. The lowest BCUT2D eigenvalue weighted by atomic mass is 10.2. The average Bonchev–Trinajstić information content (AvgIpc) is 2.54. The Balaban J connectivity index is 2.00. The second-order valence-electron chi connectivity index (χ2n) is 4.36. The van der Waals surface area contributed by atoms with Gasteiger partial charge in [-0.3, -0.25) is 4.79 Å². The zero-order valence-corrected chi connectivity index (χ0v) is 11.6. The first-order chi connectivity index (χ1) is 10.2. The summed E-state index contributed by atoms with van der Waals surface area (Å²) in [6, 6.07) is 8.63. The number of benzene rings is 1. The van der Waals surface area contributed by atoms with Gasteiger partial charge in [0.1, 0.15) is 11.5 Å². The molecule has 0 spiro atoms. The van der Waals surface area contributed by atoms with E-state index in [1.807, 2.05) is 6.07 Å². The van der Waals surface area contributed by atoms with Gasteiger partial charge in [-0.25, -0.2) is 9.97 Å². The van der Waals surface area contributed by atoms with Gasteiger partial charge < -0.3 is 10.6 Å². The van der Waals surface area contributed by atoms with Crippen molar-refractivity contribution in [1.29, 1.82) is 5.26 Å². The Kier molecular flexibility index (Phi) is 4.83. The highest BCUT2D eigenvalue weighted by Gasteiger charge is 2.08. The molecule has 6 nitrogen and oxygen atoms in total. The molecule has 2 N–H and O–H groups in total. The van der Waals surface area contributed by atoms with Gasteiger partial charge in [0.25, 0.3) is 5.91 Å². The van der Waals surface area contributed by atoms with Crippen LogP contribution >= 0.6 is 0 Å². The fourth-order valence-electron chi connectivity index (χ4n) is 1.61. The number of rotatable bonds is 5. The molecule has 2 aromatic rings. The van der Waals surface area contributed by atoms with E-state index in [4.69, 9.17) is 5.26 Å². The number of amides is 1. The number of aromatic nitrogens is 2. The van der Waals surface area contributed by atoms with Crippen LogP contribution in [0.15, 0.2) is 36.7 Å². The third-order valence-corrected chi connectivity index (χ3v) is 2.71. The van der Waals surface area contributed by atoms with Crippen LogP contribution in [0.1, 0.15) is 29.4 Å². The molecule has 6 heteroatoms. The highest BCUT2D eigenvalue weighted by Crippen LogP contribution is 2.10. The Bertz CT molecular complexity index is 643. The molecule has 0 aliphatic rings. The molecule has 1 aromatic carbocycles. The summed E-state index contributed by atoms with van der Waals surface area (Å²) in [4.78, 5) is 20.2. The molecule has 0 aliphatic carbocycles. The number of carbonyl (C=O) groups excluding carboxylic acids is 1. The molecule has 0 saturated carbocycles. The van der Waals surface area contributed by atoms with Crippen LogP contribution in [0.5, 0.6) is 0 Å². The lowest BCUT2D eigenvalue weighted by Gasteiger charge is -2.06. The van der Waals surface area contributed by atoms with Crippen LogP contribution in [0.2, 0.25) is 0 Å². The largest absolute Gasteiger partial charge is 0.369 e. The summed E-state index contributed by atoms with van der Waals surface area (Å²) in [5, 5.41) is 14.5. The van der Waals surface area contributed by atoms with E-state index in [2.05, 4.69) is 27.5 Å². The number of nitrogens with zero attached hydrogens (tertiary/aromatic N) is 3. The molecule has 106 valence electrons. The molecule has 0 saturated heterocycles. The maximum atomic E-state index is 12.0. The average molecular weight is 281 g/mol. The number of carbonyl (C=O) groups is 1. The first-order valence-electron chi connectivity index (χ1n) is 6.60. The van der Waals surface area contributed by atoms with Crippen molar-refractivity contribution < 1.29 is 4.79 Å². The number of anilines is 2. The first kappa shape index (κ1) is 14.5. The van der Waals surface area contributed by atoms with Gasteiger partial charge in [0, 0.05) is 12.2 Å². The molecule has 0 unspecified atom stereocenters. The second kappa shape index (κ2) is 7.01. The topological polar surface area (TPSA) is 90.7 Å². The lowest BCUT2D eigenvalue weighted by molar-refractivity contribution is 0.102. The van der Waals surface area contributed by atoms with Crippen molar-refractivity contribution in [2.24, 2.45) is 0 Å². The maximum absolute atomic E-state index is 12.0. The predicted octanol–water partition coefficient (Wildman–Crippen LogP) is 2.42. The van der Waals surface area contributed by atoms with Crippen LogP contribution in [0, 0.1) is 11.3 Å². The van der Waals surface area contributed by atoms with Crippen LogP contribution in [-0.4, -0.2) is 22.4 Å². The van der Waals surface area contributed by atoms with E-state index < -0.39 is 0 Å². The molecule has 2 rings (SSSR count). The van der Waals surface area contributed by atoms with E-state index in [0.717, 1.165) is 13.0 Å². The van der Waals surface area contributed by atoms with E-state index in [0.29, 0.717) is 17.1 Å². The molecule has 0 radical (unpaired) electrons. The van der Waals surface area contributed by atoms with Crippen molar-refractivity contribution in [3.05, 3.63) is 47.9 Å². The monoisotopic (exact) mass is 281 g/mol. The smallest absolute Gasteiger partial charge is 0.275 e. The van der Waals surface area contributed by atoms with Crippen molar-refractivity contribution in [3.8, 4) is 6.07 Å². The molecule has 0 atom stereocenters. The summed E-state index contributed by atoms with van der Waals surface area (Å²) in [6.07, 6.45) is 3.95. The van der Waals surface area contributed by atoms with Gasteiger partial charge in [0.05, 0.1) is 24.0 Å². The molecule has 1 heterocycles. The Labute approximate surface area is 122 Å². The fraction of sp³-hybridized carbons (Fsp3) is 0.200. The summed E-state index contributed by atoms with van der Waals surface area (Å²) in [6.45, 7) is 2.87. The zero-order valence-electron chi connectivity index (χ0n) is 11.6. The van der Waals surface area contributed by atoms with Gasteiger partial charge in [-0.05, 0) is 30.7 Å². The van der Waals surface area contributed by atoms with E-state index in [1.165, 1.54) is 12.4 Å². The van der Waals surface area contributed by atoms with Crippen molar-refractivity contribution in [2.45, 2.75) is 13.3 Å². The minimum absolute atomic E-state index is 0.237. The number of hydrogen-bond donors (Lipinski definition) is 2.